The molecule has 0 radical (unpaired) electrons. The van der Waals surface area contributed by atoms with Gasteiger partial charge in [-0.15, -0.1) is 10.2 Å². The highest BCUT2D eigenvalue weighted by atomic mass is 35.5. The van der Waals surface area contributed by atoms with Gasteiger partial charge in [0.15, 0.2) is 17.1 Å². The summed E-state index contributed by atoms with van der Waals surface area (Å²) in [5.74, 6) is 1.47. The number of thioether (sulfide) groups is 1. The Kier molecular flexibility index (Phi) is 8.40. The Labute approximate surface area is 200 Å². The molecule has 0 saturated heterocycles. The predicted octanol–water partition coefficient (Wildman–Crippen LogP) is 4.98. The molecule has 0 bridgehead atoms. The number of aromatic nitrogens is 3. The van der Waals surface area contributed by atoms with Crippen LogP contribution in [-0.4, -0.2) is 40.6 Å². The van der Waals surface area contributed by atoms with Crippen molar-refractivity contribution in [3.63, 3.8) is 0 Å². The van der Waals surface area contributed by atoms with Crippen LogP contribution in [0.2, 0.25) is 5.02 Å². The maximum Gasteiger partial charge on any atom is 0.234 e. The molecule has 3 rings (SSSR count). The molecule has 1 atom stereocenters. The van der Waals surface area contributed by atoms with Gasteiger partial charge in [0.1, 0.15) is 23.1 Å². The summed E-state index contributed by atoms with van der Waals surface area (Å²) in [6, 6.07) is 9.08. The Morgan fingerprint density at radius 3 is 2.61 bits per heavy atom. The molecule has 8 nitrogen and oxygen atoms in total. The van der Waals surface area contributed by atoms with Gasteiger partial charge in [0.2, 0.25) is 5.91 Å². The van der Waals surface area contributed by atoms with Crippen LogP contribution in [0.4, 0.5) is 10.1 Å². The van der Waals surface area contributed by atoms with Gasteiger partial charge in [0.05, 0.1) is 30.7 Å². The van der Waals surface area contributed by atoms with Crippen LogP contribution in [0, 0.1) is 5.82 Å². The summed E-state index contributed by atoms with van der Waals surface area (Å²) in [6.45, 7) is 4.31. The minimum atomic E-state index is -0.496. The molecular formula is C22H24ClFN4O4S. The summed E-state index contributed by atoms with van der Waals surface area (Å²) in [5, 5.41) is 12.0. The van der Waals surface area contributed by atoms with Crippen molar-refractivity contribution in [1.82, 2.24) is 14.8 Å². The third-order valence-corrected chi connectivity index (χ3v) is 5.90. The van der Waals surface area contributed by atoms with Crippen LogP contribution in [0.1, 0.15) is 25.8 Å². The van der Waals surface area contributed by atoms with Crippen molar-refractivity contribution >= 4 is 35.0 Å². The number of rotatable bonds is 10. The predicted molar refractivity (Wildman–Crippen MR) is 125 cm³/mol. The van der Waals surface area contributed by atoms with E-state index in [9.17, 15) is 9.18 Å². The lowest BCUT2D eigenvalue weighted by Crippen LogP contribution is -2.16. The van der Waals surface area contributed by atoms with Crippen LogP contribution in [0.15, 0.2) is 41.6 Å². The summed E-state index contributed by atoms with van der Waals surface area (Å²) < 4.78 is 31.5. The molecule has 33 heavy (non-hydrogen) atoms. The molecule has 0 aliphatic carbocycles. The molecule has 0 saturated carbocycles. The number of carbonyl (C=O) groups excluding carboxylic acids is 1. The zero-order chi connectivity index (χ0) is 24.0. The Bertz CT molecular complexity index is 1130. The van der Waals surface area contributed by atoms with E-state index in [1.807, 2.05) is 11.5 Å². The van der Waals surface area contributed by atoms with Crippen molar-refractivity contribution < 1.29 is 23.4 Å². The second-order valence-electron chi connectivity index (χ2n) is 6.82. The van der Waals surface area contributed by atoms with Crippen molar-refractivity contribution in [2.45, 2.75) is 31.7 Å². The van der Waals surface area contributed by atoms with Crippen molar-refractivity contribution in [3.05, 3.63) is 53.1 Å². The fourth-order valence-corrected chi connectivity index (χ4v) is 4.07. The molecule has 3 aromatic rings. The molecule has 1 amide bonds. The van der Waals surface area contributed by atoms with Gasteiger partial charge >= 0.3 is 0 Å². The Morgan fingerprint density at radius 2 is 1.94 bits per heavy atom. The third kappa shape index (κ3) is 6.08. The van der Waals surface area contributed by atoms with E-state index < -0.39 is 11.9 Å². The van der Waals surface area contributed by atoms with E-state index in [1.165, 1.54) is 37.1 Å². The van der Waals surface area contributed by atoms with Gasteiger partial charge < -0.3 is 24.1 Å². The molecule has 11 heteroatoms. The van der Waals surface area contributed by atoms with Crippen molar-refractivity contribution in [2.75, 3.05) is 25.3 Å². The number of methoxy groups -OCH3 is 2. The summed E-state index contributed by atoms with van der Waals surface area (Å²) in [6.07, 6.45) is -0.496. The topological polar surface area (TPSA) is 87.5 Å². The van der Waals surface area contributed by atoms with E-state index in [-0.39, 0.29) is 16.7 Å². The largest absolute Gasteiger partial charge is 0.497 e. The highest BCUT2D eigenvalue weighted by Crippen LogP contribution is 2.31. The maximum atomic E-state index is 13.3. The van der Waals surface area contributed by atoms with E-state index >= 15 is 0 Å². The monoisotopic (exact) mass is 494 g/mol. The van der Waals surface area contributed by atoms with Gasteiger partial charge in [0, 0.05) is 12.6 Å². The van der Waals surface area contributed by atoms with Crippen molar-refractivity contribution in [3.8, 4) is 17.2 Å². The number of halogens is 2. The summed E-state index contributed by atoms with van der Waals surface area (Å²) in [4.78, 5) is 12.5. The van der Waals surface area contributed by atoms with E-state index in [0.29, 0.717) is 40.5 Å². The maximum absolute atomic E-state index is 13.3. The number of hydrogen-bond acceptors (Lipinski definition) is 7. The van der Waals surface area contributed by atoms with Gasteiger partial charge in [-0.25, -0.2) is 4.39 Å². The van der Waals surface area contributed by atoms with Crippen LogP contribution >= 0.6 is 23.4 Å². The molecule has 0 aliphatic heterocycles. The van der Waals surface area contributed by atoms with Crippen molar-refractivity contribution in [1.29, 1.82) is 0 Å². The zero-order valence-corrected chi connectivity index (χ0v) is 20.2. The first-order valence-corrected chi connectivity index (χ1v) is 11.4. The first-order valence-electron chi connectivity index (χ1n) is 10.1. The molecule has 0 spiro atoms. The Balaban J connectivity index is 1.67. The van der Waals surface area contributed by atoms with Crippen LogP contribution < -0.4 is 19.5 Å². The molecule has 1 N–H and O–H groups in total. The first-order chi connectivity index (χ1) is 15.9. The molecule has 1 unspecified atom stereocenters. The lowest BCUT2D eigenvalue weighted by molar-refractivity contribution is -0.113. The lowest BCUT2D eigenvalue weighted by Gasteiger charge is -2.16. The molecule has 176 valence electrons. The minimum absolute atomic E-state index is 0.109. The molecule has 1 heterocycles. The number of anilines is 1. The quantitative estimate of drug-likeness (QED) is 0.398. The molecular weight excluding hydrogens is 471 g/mol. The molecule has 1 aromatic heterocycles. The average Bonchev–Trinajstić information content (AvgIpc) is 3.22. The smallest absolute Gasteiger partial charge is 0.234 e. The fraction of sp³-hybridized carbons (Fsp3) is 0.318. The van der Waals surface area contributed by atoms with Gasteiger partial charge in [-0.05, 0) is 44.2 Å². The molecule has 0 fully saturated rings. The third-order valence-electron chi connectivity index (χ3n) is 4.64. The SMILES string of the molecule is CCn1c(SCC(=O)Nc2cc(OC)ccc2OC)nnc1C(C)Oc1ccc(F)cc1Cl. The summed E-state index contributed by atoms with van der Waals surface area (Å²) >= 11 is 7.30. The first kappa shape index (κ1) is 24.7. The van der Waals surface area contributed by atoms with Crippen LogP contribution in [-0.2, 0) is 11.3 Å². The summed E-state index contributed by atoms with van der Waals surface area (Å²) in [5.41, 5.74) is 0.512. The van der Waals surface area contributed by atoms with Gasteiger partial charge in [-0.2, -0.15) is 0 Å². The van der Waals surface area contributed by atoms with E-state index in [2.05, 4.69) is 15.5 Å². The van der Waals surface area contributed by atoms with E-state index in [4.69, 9.17) is 25.8 Å². The standard InChI is InChI=1S/C22H24ClFN4O4S/c1-5-28-21(13(2)32-18-8-6-14(24)10-16(18)23)26-27-22(28)33-12-20(29)25-17-11-15(30-3)7-9-19(17)31-4/h6-11,13H,5,12H2,1-4H3,(H,25,29). The van der Waals surface area contributed by atoms with Gasteiger partial charge in [-0.3, -0.25) is 4.79 Å². The number of nitrogens with zero attached hydrogens (tertiary/aromatic N) is 3. The summed E-state index contributed by atoms with van der Waals surface area (Å²) in [7, 11) is 3.08. The van der Waals surface area contributed by atoms with Crippen LogP contribution in [0.3, 0.4) is 0 Å². The highest BCUT2D eigenvalue weighted by Gasteiger charge is 2.20. The lowest BCUT2D eigenvalue weighted by atomic mass is 10.2. The highest BCUT2D eigenvalue weighted by molar-refractivity contribution is 7.99. The zero-order valence-electron chi connectivity index (χ0n) is 18.6. The molecule has 2 aromatic carbocycles. The average molecular weight is 495 g/mol. The minimum Gasteiger partial charge on any atom is -0.497 e. The van der Waals surface area contributed by atoms with Gasteiger partial charge in [-0.1, -0.05) is 23.4 Å². The second kappa shape index (κ2) is 11.2. The second-order valence-corrected chi connectivity index (χ2v) is 8.17. The Hall–Kier alpha value is -2.98. The number of hydrogen-bond donors (Lipinski definition) is 1. The van der Waals surface area contributed by atoms with E-state index in [1.54, 1.807) is 32.2 Å². The normalized spacial score (nSPS) is 11.7. The van der Waals surface area contributed by atoms with Crippen LogP contribution in [0.25, 0.3) is 0 Å². The molecule has 0 aliphatic rings. The fourth-order valence-electron chi connectivity index (χ4n) is 3.05. The number of amides is 1. The van der Waals surface area contributed by atoms with E-state index in [0.717, 1.165) is 0 Å². The van der Waals surface area contributed by atoms with Gasteiger partial charge in [0.25, 0.3) is 0 Å². The van der Waals surface area contributed by atoms with Crippen molar-refractivity contribution in [2.24, 2.45) is 0 Å². The number of ether oxygens (including phenoxy) is 3. The van der Waals surface area contributed by atoms with Crippen LogP contribution in [0.5, 0.6) is 17.2 Å². The number of nitrogens with one attached hydrogen (secondary N) is 1. The number of carbonyl (C=O) groups is 1. The number of benzene rings is 2. The Morgan fingerprint density at radius 1 is 1.18 bits per heavy atom.